The van der Waals surface area contributed by atoms with Gasteiger partial charge in [-0.2, -0.15) is 0 Å². The molecule has 0 radical (unpaired) electrons. The number of carbonyl (C=O) groups is 1. The molecule has 22 heavy (non-hydrogen) atoms. The molecule has 1 atom stereocenters. The van der Waals surface area contributed by atoms with E-state index in [0.717, 1.165) is 24.5 Å². The Kier molecular flexibility index (Phi) is 5.90. The molecule has 0 spiro atoms. The van der Waals surface area contributed by atoms with E-state index in [1.54, 1.807) is 0 Å². The number of aromatic nitrogens is 3. The number of nitrogens with one attached hydrogen (secondary N) is 1. The maximum atomic E-state index is 11.9. The van der Waals surface area contributed by atoms with Crippen LogP contribution in [0.4, 0.5) is 0 Å². The van der Waals surface area contributed by atoms with Crippen LogP contribution < -0.4 is 5.32 Å². The van der Waals surface area contributed by atoms with Crippen LogP contribution in [0.5, 0.6) is 0 Å². The molecule has 0 bridgehead atoms. The molecule has 1 heterocycles. The van der Waals surface area contributed by atoms with Gasteiger partial charge < -0.3 is 15.0 Å². The topological polar surface area (TPSA) is 83.3 Å². The van der Waals surface area contributed by atoms with Gasteiger partial charge in [-0.25, -0.2) is 0 Å². The molecule has 1 aliphatic rings. The predicted molar refractivity (Wildman–Crippen MR) is 83.0 cm³/mol. The van der Waals surface area contributed by atoms with Crippen LogP contribution >= 0.6 is 0 Å². The number of rotatable bonds is 7. The van der Waals surface area contributed by atoms with Gasteiger partial charge in [0.2, 0.25) is 5.91 Å². The molecular formula is C15H27N5O2. The molecule has 124 valence electrons. The van der Waals surface area contributed by atoms with Crippen LogP contribution in [0.2, 0.25) is 0 Å². The van der Waals surface area contributed by atoms with E-state index in [-0.39, 0.29) is 12.5 Å². The third kappa shape index (κ3) is 4.51. The maximum absolute atomic E-state index is 11.9. The summed E-state index contributed by atoms with van der Waals surface area (Å²) in [5.41, 5.74) is 0. The highest BCUT2D eigenvalue weighted by Gasteiger charge is 2.23. The smallest absolute Gasteiger partial charge is 0.234 e. The number of carbonyl (C=O) groups excluding carboxylic acids is 1. The third-order valence-electron chi connectivity index (χ3n) is 4.46. The summed E-state index contributed by atoms with van der Waals surface area (Å²) >= 11 is 0. The predicted octanol–water partition coefficient (Wildman–Crippen LogP) is 0.223. The lowest BCUT2D eigenvalue weighted by Gasteiger charge is -2.20. The van der Waals surface area contributed by atoms with Crippen molar-refractivity contribution < 1.29 is 9.90 Å². The van der Waals surface area contributed by atoms with Crippen LogP contribution in [0, 0.1) is 12.8 Å². The number of aryl methyl sites for hydroxylation is 1. The highest BCUT2D eigenvalue weighted by molar-refractivity contribution is 5.77. The first-order valence-electron chi connectivity index (χ1n) is 7.95. The minimum absolute atomic E-state index is 0.0709. The van der Waals surface area contributed by atoms with Gasteiger partial charge in [-0.05, 0) is 32.7 Å². The Bertz CT molecular complexity index is 496. The van der Waals surface area contributed by atoms with Crippen molar-refractivity contribution in [1.82, 2.24) is 25.0 Å². The Morgan fingerprint density at radius 3 is 2.73 bits per heavy atom. The summed E-state index contributed by atoms with van der Waals surface area (Å²) < 4.78 is 1.91. The molecule has 7 heteroatoms. The van der Waals surface area contributed by atoms with Crippen LogP contribution in [0.25, 0.3) is 0 Å². The molecule has 1 unspecified atom stereocenters. The molecule has 2 N–H and O–H groups in total. The van der Waals surface area contributed by atoms with Crippen LogP contribution in [0.3, 0.4) is 0 Å². The molecule has 7 nitrogen and oxygen atoms in total. The molecule has 1 fully saturated rings. The first-order valence-corrected chi connectivity index (χ1v) is 7.95. The van der Waals surface area contributed by atoms with Crippen molar-refractivity contribution in [3.8, 4) is 0 Å². The van der Waals surface area contributed by atoms with E-state index >= 15 is 0 Å². The number of hydrogen-bond donors (Lipinski definition) is 2. The summed E-state index contributed by atoms with van der Waals surface area (Å²) in [6, 6.07) is 0. The Morgan fingerprint density at radius 1 is 1.45 bits per heavy atom. The quantitative estimate of drug-likeness (QED) is 0.753. The van der Waals surface area contributed by atoms with E-state index in [0.29, 0.717) is 19.0 Å². The lowest BCUT2D eigenvalue weighted by atomic mass is 10.0. The molecule has 1 saturated carbocycles. The maximum Gasteiger partial charge on any atom is 0.234 e. The van der Waals surface area contributed by atoms with Crippen molar-refractivity contribution in [2.45, 2.75) is 45.3 Å². The highest BCUT2D eigenvalue weighted by atomic mass is 16.3. The highest BCUT2D eigenvalue weighted by Crippen LogP contribution is 2.27. The number of amides is 1. The van der Waals surface area contributed by atoms with Crippen molar-refractivity contribution in [1.29, 1.82) is 0 Å². The first-order chi connectivity index (χ1) is 10.5. The van der Waals surface area contributed by atoms with Crippen LogP contribution in [0.1, 0.15) is 37.3 Å². The number of hydrogen-bond acceptors (Lipinski definition) is 5. The van der Waals surface area contributed by atoms with Crippen molar-refractivity contribution in [2.75, 3.05) is 20.1 Å². The number of nitrogens with zero attached hydrogens (tertiary/aromatic N) is 4. The van der Waals surface area contributed by atoms with Gasteiger partial charge in [-0.15, -0.1) is 10.2 Å². The number of likely N-dealkylation sites (N-methyl/N-ethyl adjacent to an activating group) is 1. The summed E-state index contributed by atoms with van der Waals surface area (Å²) in [5, 5.41) is 21.0. The van der Waals surface area contributed by atoms with Gasteiger partial charge in [0, 0.05) is 13.6 Å². The zero-order valence-corrected chi connectivity index (χ0v) is 13.7. The molecular weight excluding hydrogens is 282 g/mol. The molecule has 0 aliphatic heterocycles. The largest absolute Gasteiger partial charge is 0.391 e. The molecule has 1 amide bonds. The molecule has 0 saturated heterocycles. The normalized spacial score (nSPS) is 17.1. The van der Waals surface area contributed by atoms with Crippen LogP contribution in [-0.2, 0) is 18.4 Å². The SMILES string of the molecule is Cc1nnc(CN(C)CC(=O)NCC(O)C2CCCC2)n1C. The lowest BCUT2D eigenvalue weighted by molar-refractivity contribution is -0.122. The zero-order chi connectivity index (χ0) is 16.1. The van der Waals surface area contributed by atoms with Crippen molar-refractivity contribution in [2.24, 2.45) is 13.0 Å². The second kappa shape index (κ2) is 7.69. The standard InChI is InChI=1S/C15H27N5O2/c1-11-17-18-14(20(11)3)9-19(2)10-15(22)16-8-13(21)12-6-4-5-7-12/h12-13,21H,4-10H2,1-3H3,(H,16,22). The van der Waals surface area contributed by atoms with E-state index in [1.807, 2.05) is 30.5 Å². The van der Waals surface area contributed by atoms with Gasteiger partial charge >= 0.3 is 0 Å². The van der Waals surface area contributed by atoms with Crippen LogP contribution in [-0.4, -0.2) is 56.9 Å². The van der Waals surface area contributed by atoms with E-state index in [2.05, 4.69) is 15.5 Å². The minimum Gasteiger partial charge on any atom is -0.391 e. The first kappa shape index (κ1) is 16.9. The second-order valence-corrected chi connectivity index (χ2v) is 6.31. The van der Waals surface area contributed by atoms with E-state index in [1.165, 1.54) is 12.8 Å². The van der Waals surface area contributed by atoms with E-state index < -0.39 is 6.10 Å². The van der Waals surface area contributed by atoms with Crippen molar-refractivity contribution >= 4 is 5.91 Å². The van der Waals surface area contributed by atoms with Gasteiger partial charge in [0.1, 0.15) is 11.6 Å². The summed E-state index contributed by atoms with van der Waals surface area (Å²) in [6.45, 7) is 3.09. The van der Waals surface area contributed by atoms with Crippen LogP contribution in [0.15, 0.2) is 0 Å². The summed E-state index contributed by atoms with van der Waals surface area (Å²) in [7, 11) is 3.79. The van der Waals surface area contributed by atoms with Gasteiger partial charge in [-0.1, -0.05) is 12.8 Å². The van der Waals surface area contributed by atoms with Gasteiger partial charge in [-0.3, -0.25) is 9.69 Å². The van der Waals surface area contributed by atoms with Gasteiger partial charge in [0.05, 0.1) is 19.2 Å². The lowest BCUT2D eigenvalue weighted by Crippen LogP contribution is -2.40. The molecule has 1 aliphatic carbocycles. The van der Waals surface area contributed by atoms with Gasteiger partial charge in [0.25, 0.3) is 0 Å². The molecule has 0 aromatic carbocycles. The Labute approximate surface area is 131 Å². The van der Waals surface area contributed by atoms with E-state index in [9.17, 15) is 9.90 Å². The summed E-state index contributed by atoms with van der Waals surface area (Å²) in [6.07, 6.45) is 4.11. The second-order valence-electron chi connectivity index (χ2n) is 6.31. The Balaban J connectivity index is 1.70. The third-order valence-corrected chi connectivity index (χ3v) is 4.46. The summed E-state index contributed by atoms with van der Waals surface area (Å²) in [4.78, 5) is 13.8. The minimum atomic E-state index is -0.418. The number of aliphatic hydroxyl groups excluding tert-OH is 1. The molecule has 1 aromatic heterocycles. The average molecular weight is 309 g/mol. The fraction of sp³-hybridized carbons (Fsp3) is 0.800. The zero-order valence-electron chi connectivity index (χ0n) is 13.7. The Morgan fingerprint density at radius 2 is 2.14 bits per heavy atom. The number of aliphatic hydroxyl groups is 1. The fourth-order valence-electron chi connectivity index (χ4n) is 2.91. The Hall–Kier alpha value is -1.47. The average Bonchev–Trinajstić information content (AvgIpc) is 3.10. The fourth-order valence-corrected chi connectivity index (χ4v) is 2.91. The van der Waals surface area contributed by atoms with Crippen molar-refractivity contribution in [3.05, 3.63) is 11.6 Å². The molecule has 1 aromatic rings. The molecule has 2 rings (SSSR count). The monoisotopic (exact) mass is 309 g/mol. The van der Waals surface area contributed by atoms with Gasteiger partial charge in [0.15, 0.2) is 0 Å². The van der Waals surface area contributed by atoms with E-state index in [4.69, 9.17) is 0 Å². The van der Waals surface area contributed by atoms with Crippen molar-refractivity contribution in [3.63, 3.8) is 0 Å². The summed E-state index contributed by atoms with van der Waals surface area (Å²) in [5.74, 6) is 1.96.